The molecule has 1 aliphatic heterocycles. The minimum Gasteiger partial charge on any atom is -0.480 e. The summed E-state index contributed by atoms with van der Waals surface area (Å²) < 4.78 is 5.34. The molecule has 134 valence electrons. The van der Waals surface area contributed by atoms with Crippen molar-refractivity contribution in [1.29, 1.82) is 0 Å². The first-order valence-corrected chi connectivity index (χ1v) is 8.50. The number of benzene rings is 1. The minimum absolute atomic E-state index is 0.0254. The van der Waals surface area contributed by atoms with Gasteiger partial charge in [-0.2, -0.15) is 5.10 Å². The van der Waals surface area contributed by atoms with Crippen molar-refractivity contribution in [2.24, 2.45) is 0 Å². The van der Waals surface area contributed by atoms with E-state index in [1.54, 1.807) is 13.2 Å². The molecule has 1 aliphatic rings. The SMILES string of the molecule is COc1ncnc2ccc(N3CCN(C(=O)c4cc(C)[nH]n4)CC3)cc12. The number of H-pyrrole nitrogens is 1. The number of piperazine rings is 1. The summed E-state index contributed by atoms with van der Waals surface area (Å²) in [5.74, 6) is 0.544. The van der Waals surface area contributed by atoms with Crippen molar-refractivity contribution in [2.45, 2.75) is 6.92 Å². The predicted molar refractivity (Wildman–Crippen MR) is 97.5 cm³/mol. The fourth-order valence-corrected chi connectivity index (χ4v) is 3.24. The lowest BCUT2D eigenvalue weighted by atomic mass is 10.2. The van der Waals surface area contributed by atoms with E-state index in [-0.39, 0.29) is 5.91 Å². The van der Waals surface area contributed by atoms with E-state index in [1.807, 2.05) is 30.0 Å². The molecule has 1 amide bonds. The molecule has 26 heavy (non-hydrogen) atoms. The molecule has 0 spiro atoms. The van der Waals surface area contributed by atoms with Crippen molar-refractivity contribution in [2.75, 3.05) is 38.2 Å². The van der Waals surface area contributed by atoms with Crippen LogP contribution in [0.25, 0.3) is 10.9 Å². The number of amides is 1. The standard InChI is InChI=1S/C18H20N6O2/c1-12-9-16(22-21-12)18(25)24-7-5-23(6-8-24)13-3-4-15-14(10-13)17(26-2)20-11-19-15/h3-4,9-11H,5-8H2,1-2H3,(H,21,22). The number of aromatic nitrogens is 4. The Bertz CT molecular complexity index is 946. The summed E-state index contributed by atoms with van der Waals surface area (Å²) in [7, 11) is 1.61. The van der Waals surface area contributed by atoms with E-state index in [1.165, 1.54) is 6.33 Å². The molecule has 0 unspecified atom stereocenters. The Morgan fingerprint density at radius 1 is 1.15 bits per heavy atom. The van der Waals surface area contributed by atoms with Crippen molar-refractivity contribution in [1.82, 2.24) is 25.1 Å². The number of rotatable bonds is 3. The third kappa shape index (κ3) is 2.94. The third-order valence-electron chi connectivity index (χ3n) is 4.63. The maximum Gasteiger partial charge on any atom is 0.274 e. The van der Waals surface area contributed by atoms with Crippen LogP contribution in [0, 0.1) is 6.92 Å². The molecule has 4 rings (SSSR count). The maximum atomic E-state index is 12.5. The molecule has 8 nitrogen and oxygen atoms in total. The Morgan fingerprint density at radius 3 is 2.65 bits per heavy atom. The molecule has 3 aromatic rings. The molecular weight excluding hydrogens is 332 g/mol. The lowest BCUT2D eigenvalue weighted by Crippen LogP contribution is -2.48. The van der Waals surface area contributed by atoms with E-state index >= 15 is 0 Å². The molecule has 0 aliphatic carbocycles. The number of nitrogens with zero attached hydrogens (tertiary/aromatic N) is 5. The van der Waals surface area contributed by atoms with Gasteiger partial charge in [0.15, 0.2) is 0 Å². The topological polar surface area (TPSA) is 87.2 Å². The largest absolute Gasteiger partial charge is 0.480 e. The van der Waals surface area contributed by atoms with Crippen LogP contribution < -0.4 is 9.64 Å². The van der Waals surface area contributed by atoms with Crippen molar-refractivity contribution < 1.29 is 9.53 Å². The number of aryl methyl sites for hydroxylation is 1. The van der Waals surface area contributed by atoms with Crippen LogP contribution in [0.2, 0.25) is 0 Å². The quantitative estimate of drug-likeness (QED) is 0.771. The number of hydrogen-bond acceptors (Lipinski definition) is 6. The fraction of sp³-hybridized carbons (Fsp3) is 0.333. The van der Waals surface area contributed by atoms with Crippen LogP contribution in [0.5, 0.6) is 5.88 Å². The molecule has 1 fully saturated rings. The second-order valence-corrected chi connectivity index (χ2v) is 6.30. The van der Waals surface area contributed by atoms with Gasteiger partial charge in [0.2, 0.25) is 5.88 Å². The van der Waals surface area contributed by atoms with Gasteiger partial charge in [-0.1, -0.05) is 0 Å². The number of ether oxygens (including phenoxy) is 1. The summed E-state index contributed by atoms with van der Waals surface area (Å²) in [6.45, 7) is 4.73. The molecule has 1 saturated heterocycles. The van der Waals surface area contributed by atoms with Crippen molar-refractivity contribution >= 4 is 22.5 Å². The number of fused-ring (bicyclic) bond motifs is 1. The smallest absolute Gasteiger partial charge is 0.274 e. The minimum atomic E-state index is -0.0254. The number of hydrogen-bond donors (Lipinski definition) is 1. The van der Waals surface area contributed by atoms with E-state index in [9.17, 15) is 4.79 Å². The molecule has 0 bridgehead atoms. The van der Waals surface area contributed by atoms with Gasteiger partial charge in [0.05, 0.1) is 18.0 Å². The predicted octanol–water partition coefficient (Wildman–Crippen LogP) is 1.63. The van der Waals surface area contributed by atoms with Crippen LogP contribution in [0.15, 0.2) is 30.6 Å². The van der Waals surface area contributed by atoms with E-state index < -0.39 is 0 Å². The van der Waals surface area contributed by atoms with E-state index in [4.69, 9.17) is 4.74 Å². The first-order valence-electron chi connectivity index (χ1n) is 8.50. The molecule has 3 heterocycles. The monoisotopic (exact) mass is 352 g/mol. The van der Waals surface area contributed by atoms with Gasteiger partial charge in [-0.3, -0.25) is 9.89 Å². The van der Waals surface area contributed by atoms with Crippen LogP contribution in [0.4, 0.5) is 5.69 Å². The van der Waals surface area contributed by atoms with Gasteiger partial charge in [0.25, 0.3) is 5.91 Å². The Hall–Kier alpha value is -3.16. The lowest BCUT2D eigenvalue weighted by molar-refractivity contribution is 0.0741. The highest BCUT2D eigenvalue weighted by molar-refractivity contribution is 5.92. The van der Waals surface area contributed by atoms with Crippen LogP contribution in [0.3, 0.4) is 0 Å². The zero-order valence-electron chi connectivity index (χ0n) is 14.8. The van der Waals surface area contributed by atoms with Crippen molar-refractivity contribution in [3.05, 3.63) is 42.0 Å². The number of nitrogens with one attached hydrogen (secondary N) is 1. The highest BCUT2D eigenvalue weighted by Crippen LogP contribution is 2.27. The van der Waals surface area contributed by atoms with Gasteiger partial charge in [-0.15, -0.1) is 0 Å². The van der Waals surface area contributed by atoms with E-state index in [2.05, 4.69) is 25.1 Å². The van der Waals surface area contributed by atoms with Crippen LogP contribution in [0.1, 0.15) is 16.2 Å². The van der Waals surface area contributed by atoms with E-state index in [0.29, 0.717) is 24.7 Å². The van der Waals surface area contributed by atoms with Gasteiger partial charge in [-0.25, -0.2) is 9.97 Å². The maximum absolute atomic E-state index is 12.5. The van der Waals surface area contributed by atoms with Gasteiger partial charge >= 0.3 is 0 Å². The number of methoxy groups -OCH3 is 1. The van der Waals surface area contributed by atoms with Gasteiger partial charge in [-0.05, 0) is 31.2 Å². The second-order valence-electron chi connectivity index (χ2n) is 6.30. The summed E-state index contributed by atoms with van der Waals surface area (Å²) in [4.78, 5) is 25.0. The highest BCUT2D eigenvalue weighted by atomic mass is 16.5. The molecule has 0 atom stereocenters. The molecule has 0 saturated carbocycles. The second kappa shape index (κ2) is 6.62. The Kier molecular flexibility index (Phi) is 4.16. The number of carbonyl (C=O) groups is 1. The first-order chi connectivity index (χ1) is 12.7. The Balaban J connectivity index is 1.49. The molecule has 1 N–H and O–H groups in total. The number of anilines is 1. The third-order valence-corrected chi connectivity index (χ3v) is 4.63. The Morgan fingerprint density at radius 2 is 1.96 bits per heavy atom. The summed E-state index contributed by atoms with van der Waals surface area (Å²) in [5, 5.41) is 7.77. The zero-order valence-corrected chi connectivity index (χ0v) is 14.8. The Labute approximate surface area is 150 Å². The summed E-state index contributed by atoms with van der Waals surface area (Å²) in [6, 6.07) is 7.84. The van der Waals surface area contributed by atoms with Crippen molar-refractivity contribution in [3.63, 3.8) is 0 Å². The van der Waals surface area contributed by atoms with Crippen LogP contribution in [-0.2, 0) is 0 Å². The molecule has 1 aromatic carbocycles. The molecular formula is C18H20N6O2. The lowest BCUT2D eigenvalue weighted by Gasteiger charge is -2.35. The van der Waals surface area contributed by atoms with Gasteiger partial charge < -0.3 is 14.5 Å². The zero-order chi connectivity index (χ0) is 18.1. The normalized spacial score (nSPS) is 14.7. The summed E-state index contributed by atoms with van der Waals surface area (Å²) in [5.41, 5.74) is 3.29. The average molecular weight is 352 g/mol. The van der Waals surface area contributed by atoms with Crippen LogP contribution in [-0.4, -0.2) is 64.3 Å². The number of aromatic amines is 1. The van der Waals surface area contributed by atoms with Crippen LogP contribution >= 0.6 is 0 Å². The molecule has 2 aromatic heterocycles. The van der Waals surface area contributed by atoms with Crippen molar-refractivity contribution in [3.8, 4) is 5.88 Å². The average Bonchev–Trinajstić information content (AvgIpc) is 3.13. The number of carbonyl (C=O) groups excluding carboxylic acids is 1. The first kappa shape index (κ1) is 16.3. The van der Waals surface area contributed by atoms with E-state index in [0.717, 1.165) is 35.4 Å². The van der Waals surface area contributed by atoms with Gasteiger partial charge in [0, 0.05) is 37.6 Å². The molecule has 0 radical (unpaired) electrons. The highest BCUT2D eigenvalue weighted by Gasteiger charge is 2.24. The fourth-order valence-electron chi connectivity index (χ4n) is 3.24. The van der Waals surface area contributed by atoms with Gasteiger partial charge in [0.1, 0.15) is 12.0 Å². The summed E-state index contributed by atoms with van der Waals surface area (Å²) in [6.07, 6.45) is 1.50. The molecule has 8 heteroatoms. The summed E-state index contributed by atoms with van der Waals surface area (Å²) >= 11 is 0.